The smallest absolute Gasteiger partial charge is 0.321 e. The number of aryl methyl sites for hydroxylation is 1. The van der Waals surface area contributed by atoms with Gasteiger partial charge < -0.3 is 5.32 Å². The van der Waals surface area contributed by atoms with Crippen LogP contribution in [0.2, 0.25) is 0 Å². The summed E-state index contributed by atoms with van der Waals surface area (Å²) in [5, 5.41) is 3.04. The van der Waals surface area contributed by atoms with Crippen LogP contribution in [0.15, 0.2) is 59.1 Å². The monoisotopic (exact) mass is 360 g/mol. The van der Waals surface area contributed by atoms with Gasteiger partial charge in [-0.3, -0.25) is 4.90 Å². The van der Waals surface area contributed by atoms with Crippen molar-refractivity contribution in [3.63, 3.8) is 0 Å². The van der Waals surface area contributed by atoms with Crippen LogP contribution in [0.3, 0.4) is 0 Å². The quantitative estimate of drug-likeness (QED) is 0.828. The number of amides is 2. The van der Waals surface area contributed by atoms with Crippen molar-refractivity contribution in [2.75, 3.05) is 11.9 Å². The Balaban J connectivity index is 1.82. The van der Waals surface area contributed by atoms with Crippen LogP contribution < -0.4 is 10.2 Å². The first-order chi connectivity index (χ1) is 10.6. The van der Waals surface area contributed by atoms with Crippen LogP contribution in [0, 0.1) is 0 Å². The van der Waals surface area contributed by atoms with Gasteiger partial charge in [0, 0.05) is 23.2 Å². The van der Waals surface area contributed by atoms with Crippen molar-refractivity contribution in [1.29, 1.82) is 0 Å². The van der Waals surface area contributed by atoms with E-state index in [9.17, 15) is 4.79 Å². The standard InChI is InChI=1S/C18H21BrN2O/c1-14(8-9-15-10-12-16(19)13-11-15)20-18(22)21(2)17-6-4-3-5-7-17/h3-7,10-14H,8-9H2,1-2H3,(H,20,22). The van der Waals surface area contributed by atoms with E-state index in [1.807, 2.05) is 49.4 Å². The number of halogens is 1. The molecule has 4 heteroatoms. The molecule has 0 aliphatic rings. The normalized spacial score (nSPS) is 11.8. The molecule has 0 bridgehead atoms. The summed E-state index contributed by atoms with van der Waals surface area (Å²) < 4.78 is 1.09. The summed E-state index contributed by atoms with van der Waals surface area (Å²) in [6, 6.07) is 18.0. The summed E-state index contributed by atoms with van der Waals surface area (Å²) in [5.74, 6) is 0. The molecule has 0 heterocycles. The van der Waals surface area contributed by atoms with Crippen LogP contribution >= 0.6 is 15.9 Å². The SMILES string of the molecule is CC(CCc1ccc(Br)cc1)NC(=O)N(C)c1ccccc1. The fourth-order valence-corrected chi connectivity index (χ4v) is 2.45. The van der Waals surface area contributed by atoms with Crippen LogP contribution in [0.25, 0.3) is 0 Å². The molecular weight excluding hydrogens is 340 g/mol. The zero-order valence-corrected chi connectivity index (χ0v) is 14.5. The van der Waals surface area contributed by atoms with E-state index in [2.05, 4.69) is 33.4 Å². The molecule has 116 valence electrons. The third kappa shape index (κ3) is 4.88. The van der Waals surface area contributed by atoms with Crippen LogP contribution in [0.1, 0.15) is 18.9 Å². The van der Waals surface area contributed by atoms with Crippen LogP contribution in [0.5, 0.6) is 0 Å². The zero-order valence-electron chi connectivity index (χ0n) is 12.9. The van der Waals surface area contributed by atoms with Crippen molar-refractivity contribution in [3.05, 3.63) is 64.6 Å². The lowest BCUT2D eigenvalue weighted by atomic mass is 10.1. The number of hydrogen-bond donors (Lipinski definition) is 1. The van der Waals surface area contributed by atoms with E-state index in [4.69, 9.17) is 0 Å². The Hall–Kier alpha value is -1.81. The van der Waals surface area contributed by atoms with E-state index >= 15 is 0 Å². The fraction of sp³-hybridized carbons (Fsp3) is 0.278. The van der Waals surface area contributed by atoms with E-state index in [1.54, 1.807) is 11.9 Å². The minimum Gasteiger partial charge on any atom is -0.335 e. The molecule has 0 radical (unpaired) electrons. The fourth-order valence-electron chi connectivity index (χ4n) is 2.18. The highest BCUT2D eigenvalue weighted by Gasteiger charge is 2.13. The molecule has 0 saturated heterocycles. The van der Waals surface area contributed by atoms with Crippen LogP contribution in [-0.2, 0) is 6.42 Å². The van der Waals surface area contributed by atoms with Crippen LogP contribution in [0.4, 0.5) is 10.5 Å². The van der Waals surface area contributed by atoms with Crippen molar-refractivity contribution in [2.24, 2.45) is 0 Å². The molecule has 1 N–H and O–H groups in total. The Morgan fingerprint density at radius 2 is 1.77 bits per heavy atom. The minimum atomic E-state index is -0.0745. The van der Waals surface area contributed by atoms with Gasteiger partial charge in [0.25, 0.3) is 0 Å². The number of para-hydroxylation sites is 1. The summed E-state index contributed by atoms with van der Waals surface area (Å²) in [6.07, 6.45) is 1.86. The Morgan fingerprint density at radius 1 is 1.14 bits per heavy atom. The Labute approximate surface area is 140 Å². The maximum absolute atomic E-state index is 12.2. The number of rotatable bonds is 5. The largest absolute Gasteiger partial charge is 0.335 e. The highest BCUT2D eigenvalue weighted by Crippen LogP contribution is 2.13. The van der Waals surface area contributed by atoms with E-state index in [0.717, 1.165) is 23.0 Å². The van der Waals surface area contributed by atoms with Crippen molar-refractivity contribution >= 4 is 27.6 Å². The molecule has 0 aromatic heterocycles. The second-order valence-corrected chi connectivity index (χ2v) is 6.33. The molecule has 0 spiro atoms. The molecule has 1 atom stereocenters. The lowest BCUT2D eigenvalue weighted by molar-refractivity contribution is 0.244. The molecule has 2 rings (SSSR count). The maximum atomic E-state index is 12.2. The highest BCUT2D eigenvalue weighted by molar-refractivity contribution is 9.10. The lowest BCUT2D eigenvalue weighted by Crippen LogP contribution is -2.42. The molecule has 0 fully saturated rings. The highest BCUT2D eigenvalue weighted by atomic mass is 79.9. The Bertz CT molecular complexity index is 598. The van der Waals surface area contributed by atoms with Gasteiger partial charge in [0.15, 0.2) is 0 Å². The maximum Gasteiger partial charge on any atom is 0.321 e. The van der Waals surface area contributed by atoms with E-state index in [-0.39, 0.29) is 12.1 Å². The number of anilines is 1. The molecule has 2 amide bonds. The number of hydrogen-bond acceptors (Lipinski definition) is 1. The lowest BCUT2D eigenvalue weighted by Gasteiger charge is -2.21. The minimum absolute atomic E-state index is 0.0745. The second-order valence-electron chi connectivity index (χ2n) is 5.41. The summed E-state index contributed by atoms with van der Waals surface area (Å²) in [4.78, 5) is 13.9. The van der Waals surface area contributed by atoms with Gasteiger partial charge in [-0.25, -0.2) is 4.79 Å². The van der Waals surface area contributed by atoms with Gasteiger partial charge in [-0.05, 0) is 49.6 Å². The van der Waals surface area contributed by atoms with E-state index < -0.39 is 0 Å². The Kier molecular flexibility index (Phi) is 6.01. The summed E-state index contributed by atoms with van der Waals surface area (Å²) >= 11 is 3.43. The van der Waals surface area contributed by atoms with Gasteiger partial charge in [-0.1, -0.05) is 46.3 Å². The van der Waals surface area contributed by atoms with Gasteiger partial charge in [0.05, 0.1) is 0 Å². The molecule has 0 aliphatic carbocycles. The molecule has 22 heavy (non-hydrogen) atoms. The van der Waals surface area contributed by atoms with Gasteiger partial charge >= 0.3 is 6.03 Å². The number of carbonyl (C=O) groups is 1. The Morgan fingerprint density at radius 3 is 2.41 bits per heavy atom. The molecule has 2 aromatic rings. The summed E-state index contributed by atoms with van der Waals surface area (Å²) in [6.45, 7) is 2.04. The number of nitrogens with one attached hydrogen (secondary N) is 1. The van der Waals surface area contributed by atoms with E-state index in [0.29, 0.717) is 0 Å². The predicted octanol–water partition coefficient (Wildman–Crippen LogP) is 4.62. The molecule has 1 unspecified atom stereocenters. The summed E-state index contributed by atoms with van der Waals surface area (Å²) in [5.41, 5.74) is 2.17. The van der Waals surface area contributed by atoms with Gasteiger partial charge in [0.1, 0.15) is 0 Å². The molecule has 0 saturated carbocycles. The third-order valence-corrected chi connectivity index (χ3v) is 4.13. The predicted molar refractivity (Wildman–Crippen MR) is 95.3 cm³/mol. The van der Waals surface area contributed by atoms with Crippen molar-refractivity contribution in [1.82, 2.24) is 5.32 Å². The number of carbonyl (C=O) groups excluding carboxylic acids is 1. The first-order valence-corrected chi connectivity index (χ1v) is 8.19. The van der Waals surface area contributed by atoms with Crippen molar-refractivity contribution < 1.29 is 4.79 Å². The first-order valence-electron chi connectivity index (χ1n) is 7.40. The average Bonchev–Trinajstić information content (AvgIpc) is 2.54. The first kappa shape index (κ1) is 16.6. The third-order valence-electron chi connectivity index (χ3n) is 3.60. The molecular formula is C18H21BrN2O. The zero-order chi connectivity index (χ0) is 15.9. The van der Waals surface area contributed by atoms with Crippen LogP contribution in [-0.4, -0.2) is 19.1 Å². The van der Waals surface area contributed by atoms with Gasteiger partial charge in [-0.2, -0.15) is 0 Å². The molecule has 3 nitrogen and oxygen atoms in total. The second kappa shape index (κ2) is 7.99. The number of urea groups is 1. The number of benzene rings is 2. The van der Waals surface area contributed by atoms with Crippen molar-refractivity contribution in [2.45, 2.75) is 25.8 Å². The topological polar surface area (TPSA) is 32.3 Å². The molecule has 0 aliphatic heterocycles. The average molecular weight is 361 g/mol. The van der Waals surface area contributed by atoms with Gasteiger partial charge in [-0.15, -0.1) is 0 Å². The van der Waals surface area contributed by atoms with E-state index in [1.165, 1.54) is 5.56 Å². The van der Waals surface area contributed by atoms with Crippen molar-refractivity contribution in [3.8, 4) is 0 Å². The molecule has 2 aromatic carbocycles. The summed E-state index contributed by atoms with van der Waals surface area (Å²) in [7, 11) is 1.78. The van der Waals surface area contributed by atoms with Gasteiger partial charge in [0.2, 0.25) is 0 Å². The number of nitrogens with zero attached hydrogens (tertiary/aromatic N) is 1.